The Balaban J connectivity index is 2.74. The van der Waals surface area contributed by atoms with Crippen LogP contribution in [0.15, 0.2) is 5.38 Å². The fraction of sp³-hybridized carbons (Fsp3) is 0.429. The molecule has 0 saturated carbocycles. The average molecular weight is 244 g/mol. The fourth-order valence-corrected chi connectivity index (χ4v) is 1.73. The van der Waals surface area contributed by atoms with E-state index in [1.54, 1.807) is 0 Å². The molecule has 0 amide bonds. The van der Waals surface area contributed by atoms with Crippen LogP contribution < -0.4 is 0 Å². The lowest BCUT2D eigenvalue weighted by Crippen LogP contribution is -2.11. The van der Waals surface area contributed by atoms with Gasteiger partial charge >= 0.3 is 6.18 Å². The molecule has 0 radical (unpaired) electrons. The molecule has 0 bridgehead atoms. The molecule has 0 spiro atoms. The van der Waals surface area contributed by atoms with Gasteiger partial charge in [0.05, 0.1) is 12.3 Å². The van der Waals surface area contributed by atoms with E-state index in [-0.39, 0.29) is 16.6 Å². The lowest BCUT2D eigenvalue weighted by molar-refractivity contribution is -0.127. The molecule has 1 heterocycles. The van der Waals surface area contributed by atoms with Crippen molar-refractivity contribution < 1.29 is 18.0 Å². The Bertz CT molecular complexity index is 336. The van der Waals surface area contributed by atoms with E-state index in [1.807, 2.05) is 0 Å². The number of Topliss-reactive ketones (excluding diaryl/α,β-unsaturated/α-hetero) is 1. The molecule has 1 aromatic rings. The zero-order valence-corrected chi connectivity index (χ0v) is 8.34. The van der Waals surface area contributed by atoms with Crippen LogP contribution in [0.1, 0.15) is 15.5 Å². The Morgan fingerprint density at radius 2 is 2.21 bits per heavy atom. The predicted molar refractivity (Wildman–Crippen MR) is 46.9 cm³/mol. The summed E-state index contributed by atoms with van der Waals surface area (Å²) in [5, 5.41) is 1.16. The van der Waals surface area contributed by atoms with Crippen LogP contribution in [0.4, 0.5) is 13.2 Å². The number of aromatic nitrogens is 1. The molecular weight excluding hydrogens is 239 g/mol. The van der Waals surface area contributed by atoms with Crippen molar-refractivity contribution in [3.8, 4) is 0 Å². The Morgan fingerprint density at radius 3 is 2.71 bits per heavy atom. The molecule has 0 aliphatic carbocycles. The minimum Gasteiger partial charge on any atom is -0.291 e. The summed E-state index contributed by atoms with van der Waals surface area (Å²) in [6, 6.07) is 0. The van der Waals surface area contributed by atoms with Crippen LogP contribution in [-0.2, 0) is 6.42 Å². The van der Waals surface area contributed by atoms with Gasteiger partial charge in [-0.1, -0.05) is 0 Å². The smallest absolute Gasteiger partial charge is 0.291 e. The van der Waals surface area contributed by atoms with Crippen molar-refractivity contribution >= 4 is 28.7 Å². The minimum absolute atomic E-state index is 0.00394. The van der Waals surface area contributed by atoms with Crippen LogP contribution in [0.3, 0.4) is 0 Å². The molecule has 0 aromatic carbocycles. The Morgan fingerprint density at radius 1 is 1.57 bits per heavy atom. The Hall–Kier alpha value is -0.620. The third-order valence-corrected chi connectivity index (χ3v) is 2.40. The standard InChI is InChI=1S/C7H5ClF3NOS/c8-2-5(13)4-3-14-6(12-4)1-7(9,10)11/h3H,1-2H2. The van der Waals surface area contributed by atoms with Crippen molar-refractivity contribution in [2.75, 3.05) is 5.88 Å². The van der Waals surface area contributed by atoms with Crippen molar-refractivity contribution in [2.24, 2.45) is 0 Å². The molecule has 0 unspecified atom stereocenters. The van der Waals surface area contributed by atoms with Crippen LogP contribution in [-0.4, -0.2) is 22.8 Å². The van der Waals surface area contributed by atoms with Gasteiger partial charge in [-0.2, -0.15) is 13.2 Å². The van der Waals surface area contributed by atoms with Crippen LogP contribution in [0, 0.1) is 0 Å². The van der Waals surface area contributed by atoms with Gasteiger partial charge in [0.1, 0.15) is 10.7 Å². The average Bonchev–Trinajstić information content (AvgIpc) is 2.48. The van der Waals surface area contributed by atoms with Crippen molar-refractivity contribution in [1.82, 2.24) is 4.98 Å². The summed E-state index contributed by atoms with van der Waals surface area (Å²) < 4.78 is 35.7. The van der Waals surface area contributed by atoms with Crippen LogP contribution in [0.5, 0.6) is 0 Å². The van der Waals surface area contributed by atoms with Crippen LogP contribution >= 0.6 is 22.9 Å². The zero-order chi connectivity index (χ0) is 10.8. The molecule has 0 atom stereocenters. The molecule has 0 fully saturated rings. The summed E-state index contributed by atoms with van der Waals surface area (Å²) in [4.78, 5) is 14.5. The summed E-state index contributed by atoms with van der Waals surface area (Å²) in [5.41, 5.74) is 0.00394. The lowest BCUT2D eigenvalue weighted by atomic mass is 10.3. The van der Waals surface area contributed by atoms with Gasteiger partial charge in [-0.25, -0.2) is 4.98 Å². The number of hydrogen-bond donors (Lipinski definition) is 0. The van der Waals surface area contributed by atoms with E-state index < -0.39 is 18.4 Å². The molecule has 14 heavy (non-hydrogen) atoms. The summed E-state index contributed by atoms with van der Waals surface area (Å²) in [7, 11) is 0. The number of alkyl halides is 4. The zero-order valence-electron chi connectivity index (χ0n) is 6.77. The first-order chi connectivity index (χ1) is 6.42. The number of hydrogen-bond acceptors (Lipinski definition) is 3. The highest BCUT2D eigenvalue weighted by molar-refractivity contribution is 7.09. The topological polar surface area (TPSA) is 30.0 Å². The maximum Gasteiger partial charge on any atom is 0.395 e. The molecular formula is C7H5ClF3NOS. The highest BCUT2D eigenvalue weighted by atomic mass is 35.5. The first-order valence-corrected chi connectivity index (χ1v) is 4.94. The highest BCUT2D eigenvalue weighted by Crippen LogP contribution is 2.23. The van der Waals surface area contributed by atoms with Gasteiger partial charge in [-0.3, -0.25) is 4.79 Å². The quantitative estimate of drug-likeness (QED) is 0.604. The molecule has 0 N–H and O–H groups in total. The van der Waals surface area contributed by atoms with Gasteiger partial charge < -0.3 is 0 Å². The van der Waals surface area contributed by atoms with Crippen molar-refractivity contribution in [3.05, 3.63) is 16.1 Å². The monoisotopic (exact) mass is 243 g/mol. The summed E-state index contributed by atoms with van der Waals surface area (Å²) >= 11 is 6.03. The Labute approximate surface area is 86.7 Å². The highest BCUT2D eigenvalue weighted by Gasteiger charge is 2.29. The SMILES string of the molecule is O=C(CCl)c1csc(CC(F)(F)F)n1. The van der Waals surface area contributed by atoms with Crippen molar-refractivity contribution in [2.45, 2.75) is 12.6 Å². The first kappa shape index (κ1) is 11.5. The van der Waals surface area contributed by atoms with Crippen molar-refractivity contribution in [1.29, 1.82) is 0 Å². The van der Waals surface area contributed by atoms with Crippen LogP contribution in [0.2, 0.25) is 0 Å². The van der Waals surface area contributed by atoms with Gasteiger partial charge in [0.2, 0.25) is 0 Å². The van der Waals surface area contributed by atoms with Gasteiger partial charge in [-0.15, -0.1) is 22.9 Å². The van der Waals surface area contributed by atoms with Crippen LogP contribution in [0.25, 0.3) is 0 Å². The van der Waals surface area contributed by atoms with E-state index in [0.717, 1.165) is 11.3 Å². The maximum atomic E-state index is 11.9. The third-order valence-electron chi connectivity index (χ3n) is 1.31. The molecule has 0 aliphatic heterocycles. The van der Waals surface area contributed by atoms with Gasteiger partial charge in [-0.05, 0) is 0 Å². The minimum atomic E-state index is -4.29. The number of halogens is 4. The normalized spacial score (nSPS) is 11.7. The number of carbonyl (C=O) groups excluding carboxylic acids is 1. The largest absolute Gasteiger partial charge is 0.395 e. The van der Waals surface area contributed by atoms with Crippen molar-refractivity contribution in [3.63, 3.8) is 0 Å². The summed E-state index contributed by atoms with van der Waals surface area (Å²) in [6.07, 6.45) is -5.40. The second-order valence-corrected chi connectivity index (χ2v) is 3.69. The van der Waals surface area contributed by atoms with E-state index >= 15 is 0 Å². The van der Waals surface area contributed by atoms with E-state index in [9.17, 15) is 18.0 Å². The van der Waals surface area contributed by atoms with E-state index in [0.29, 0.717) is 0 Å². The summed E-state index contributed by atoms with van der Waals surface area (Å²) in [5.74, 6) is -0.730. The molecule has 1 aromatic heterocycles. The number of nitrogens with zero attached hydrogens (tertiary/aromatic N) is 1. The molecule has 2 nitrogen and oxygen atoms in total. The Kier molecular flexibility index (Phi) is 3.49. The molecule has 0 saturated heterocycles. The summed E-state index contributed by atoms with van der Waals surface area (Å²) in [6.45, 7) is 0. The van der Waals surface area contributed by atoms with E-state index in [1.165, 1.54) is 5.38 Å². The van der Waals surface area contributed by atoms with E-state index in [4.69, 9.17) is 11.6 Å². The van der Waals surface area contributed by atoms with Gasteiger partial charge in [0, 0.05) is 5.38 Å². The maximum absolute atomic E-state index is 11.9. The fourth-order valence-electron chi connectivity index (χ4n) is 0.760. The second kappa shape index (κ2) is 4.27. The molecule has 0 aliphatic rings. The van der Waals surface area contributed by atoms with Gasteiger partial charge in [0.15, 0.2) is 5.78 Å². The van der Waals surface area contributed by atoms with E-state index in [2.05, 4.69) is 4.98 Å². The number of carbonyl (C=O) groups is 1. The number of rotatable bonds is 3. The molecule has 1 rings (SSSR count). The van der Waals surface area contributed by atoms with Gasteiger partial charge in [0.25, 0.3) is 0 Å². The molecule has 78 valence electrons. The lowest BCUT2D eigenvalue weighted by Gasteiger charge is -2.01. The number of ketones is 1. The molecule has 7 heteroatoms. The number of thiazole rings is 1. The second-order valence-electron chi connectivity index (χ2n) is 2.48. The first-order valence-electron chi connectivity index (χ1n) is 3.52. The predicted octanol–water partition coefficient (Wildman–Crippen LogP) is 2.67. The third kappa shape index (κ3) is 3.26.